The van der Waals surface area contributed by atoms with Crippen LogP contribution in [0.25, 0.3) is 0 Å². The zero-order valence-corrected chi connectivity index (χ0v) is 11.1. The molecule has 1 amide bonds. The van der Waals surface area contributed by atoms with E-state index < -0.39 is 0 Å². The number of likely N-dealkylation sites (N-methyl/N-ethyl adjacent to an activating group) is 1. The first kappa shape index (κ1) is 14.2. The van der Waals surface area contributed by atoms with E-state index in [1.54, 1.807) is 21.0 Å². The third-order valence-electron chi connectivity index (χ3n) is 2.55. The van der Waals surface area contributed by atoms with E-state index in [2.05, 4.69) is 0 Å². The molecule has 18 heavy (non-hydrogen) atoms. The van der Waals surface area contributed by atoms with Crippen molar-refractivity contribution in [1.82, 2.24) is 4.90 Å². The summed E-state index contributed by atoms with van der Waals surface area (Å²) in [5, 5.41) is 0. The predicted octanol–water partition coefficient (Wildman–Crippen LogP) is 1.68. The maximum atomic E-state index is 11.3. The molecule has 0 aromatic heterocycles. The summed E-state index contributed by atoms with van der Waals surface area (Å²) in [5.41, 5.74) is 1.09. The van der Waals surface area contributed by atoms with Gasteiger partial charge in [0.25, 0.3) is 5.91 Å². The molecule has 0 saturated heterocycles. The lowest BCUT2D eigenvalue weighted by molar-refractivity contribution is -0.130. The normalized spacial score (nSPS) is 9.94. The van der Waals surface area contributed by atoms with E-state index in [1.165, 1.54) is 4.90 Å². The van der Waals surface area contributed by atoms with Crippen LogP contribution < -0.4 is 4.74 Å². The standard InChI is InChI=1S/C14H19NO3/c1-11(16)4-5-12-6-8-13(9-7-12)18-10-14(17)15(2)3/h6-9H,4-5,10H2,1-3H3. The Morgan fingerprint density at radius 2 is 1.78 bits per heavy atom. The topological polar surface area (TPSA) is 46.6 Å². The minimum absolute atomic E-state index is 0.0415. The van der Waals surface area contributed by atoms with Gasteiger partial charge in [0.2, 0.25) is 0 Å². The van der Waals surface area contributed by atoms with Gasteiger partial charge in [-0.3, -0.25) is 4.79 Å². The van der Waals surface area contributed by atoms with Gasteiger partial charge < -0.3 is 14.4 Å². The molecule has 0 atom stereocenters. The number of ether oxygens (including phenoxy) is 1. The molecule has 1 aromatic carbocycles. The van der Waals surface area contributed by atoms with Crippen LogP contribution in [0, 0.1) is 0 Å². The van der Waals surface area contributed by atoms with Crippen molar-refractivity contribution in [2.24, 2.45) is 0 Å². The van der Waals surface area contributed by atoms with Gasteiger partial charge in [-0.25, -0.2) is 0 Å². The zero-order chi connectivity index (χ0) is 13.5. The quantitative estimate of drug-likeness (QED) is 0.770. The third-order valence-corrected chi connectivity index (χ3v) is 2.55. The molecule has 0 heterocycles. The van der Waals surface area contributed by atoms with Crippen molar-refractivity contribution in [2.75, 3.05) is 20.7 Å². The molecule has 0 aliphatic rings. The lowest BCUT2D eigenvalue weighted by Gasteiger charge is -2.11. The molecule has 0 bridgehead atoms. The Labute approximate surface area is 108 Å². The molecular weight excluding hydrogens is 230 g/mol. The second-order valence-corrected chi connectivity index (χ2v) is 4.42. The molecule has 0 radical (unpaired) electrons. The Bertz CT molecular complexity index is 410. The molecule has 4 heteroatoms. The maximum Gasteiger partial charge on any atom is 0.259 e. The zero-order valence-electron chi connectivity index (χ0n) is 11.1. The predicted molar refractivity (Wildman–Crippen MR) is 69.6 cm³/mol. The monoisotopic (exact) mass is 249 g/mol. The van der Waals surface area contributed by atoms with Crippen LogP contribution in [0.15, 0.2) is 24.3 Å². The lowest BCUT2D eigenvalue weighted by atomic mass is 10.1. The molecule has 1 rings (SSSR count). The van der Waals surface area contributed by atoms with Gasteiger partial charge in [0.15, 0.2) is 6.61 Å². The van der Waals surface area contributed by atoms with E-state index in [0.29, 0.717) is 12.2 Å². The fourth-order valence-electron chi connectivity index (χ4n) is 1.35. The maximum absolute atomic E-state index is 11.3. The van der Waals surface area contributed by atoms with Gasteiger partial charge in [-0.05, 0) is 31.0 Å². The van der Waals surface area contributed by atoms with E-state index in [1.807, 2.05) is 24.3 Å². The SMILES string of the molecule is CC(=O)CCc1ccc(OCC(=O)N(C)C)cc1. The number of carbonyl (C=O) groups is 2. The van der Waals surface area contributed by atoms with Gasteiger partial charge in [-0.1, -0.05) is 12.1 Å². The van der Waals surface area contributed by atoms with E-state index in [-0.39, 0.29) is 18.3 Å². The molecule has 1 aromatic rings. The summed E-state index contributed by atoms with van der Waals surface area (Å²) in [6.45, 7) is 1.63. The Morgan fingerprint density at radius 3 is 2.28 bits per heavy atom. The number of Topliss-reactive ketones (excluding diaryl/α,β-unsaturated/α-hetero) is 1. The molecule has 0 fully saturated rings. The van der Waals surface area contributed by atoms with Crippen molar-refractivity contribution in [1.29, 1.82) is 0 Å². The number of amides is 1. The summed E-state index contributed by atoms with van der Waals surface area (Å²) in [6, 6.07) is 7.47. The van der Waals surface area contributed by atoms with Crippen molar-refractivity contribution < 1.29 is 14.3 Å². The highest BCUT2D eigenvalue weighted by atomic mass is 16.5. The molecule has 0 unspecified atom stereocenters. The first-order chi connectivity index (χ1) is 8.49. The number of nitrogens with zero attached hydrogens (tertiary/aromatic N) is 1. The Morgan fingerprint density at radius 1 is 1.17 bits per heavy atom. The summed E-state index contributed by atoms with van der Waals surface area (Å²) < 4.78 is 5.35. The number of rotatable bonds is 6. The highest BCUT2D eigenvalue weighted by Gasteiger charge is 2.04. The molecular formula is C14H19NO3. The van der Waals surface area contributed by atoms with E-state index in [0.717, 1.165) is 12.0 Å². The van der Waals surface area contributed by atoms with E-state index >= 15 is 0 Å². The summed E-state index contributed by atoms with van der Waals surface area (Å²) in [4.78, 5) is 23.7. The number of benzene rings is 1. The van der Waals surface area contributed by atoms with Crippen molar-refractivity contribution in [2.45, 2.75) is 19.8 Å². The number of carbonyl (C=O) groups excluding carboxylic acids is 2. The summed E-state index contributed by atoms with van der Waals surface area (Å²) >= 11 is 0. The largest absolute Gasteiger partial charge is 0.484 e. The summed E-state index contributed by atoms with van der Waals surface area (Å²) in [7, 11) is 3.38. The highest BCUT2D eigenvalue weighted by molar-refractivity contribution is 5.77. The fraction of sp³-hybridized carbons (Fsp3) is 0.429. The van der Waals surface area contributed by atoms with Crippen molar-refractivity contribution in [3.63, 3.8) is 0 Å². The molecule has 0 N–H and O–H groups in total. The molecule has 98 valence electrons. The van der Waals surface area contributed by atoms with Crippen molar-refractivity contribution >= 4 is 11.7 Å². The molecule has 4 nitrogen and oxygen atoms in total. The van der Waals surface area contributed by atoms with E-state index in [4.69, 9.17) is 4.74 Å². The fourth-order valence-corrected chi connectivity index (χ4v) is 1.35. The first-order valence-corrected chi connectivity index (χ1v) is 5.90. The van der Waals surface area contributed by atoms with Crippen LogP contribution in [0.2, 0.25) is 0 Å². The van der Waals surface area contributed by atoms with Gasteiger partial charge in [0, 0.05) is 20.5 Å². The van der Waals surface area contributed by atoms with Gasteiger partial charge in [0.05, 0.1) is 0 Å². The van der Waals surface area contributed by atoms with Crippen LogP contribution in [0.1, 0.15) is 18.9 Å². The minimum atomic E-state index is -0.0735. The Hall–Kier alpha value is -1.84. The average Bonchev–Trinajstić information content (AvgIpc) is 2.34. The minimum Gasteiger partial charge on any atom is -0.484 e. The highest BCUT2D eigenvalue weighted by Crippen LogP contribution is 2.13. The van der Waals surface area contributed by atoms with Crippen LogP contribution in [0.4, 0.5) is 0 Å². The molecule has 0 aliphatic carbocycles. The second-order valence-electron chi connectivity index (χ2n) is 4.42. The first-order valence-electron chi connectivity index (χ1n) is 5.90. The number of hydrogen-bond acceptors (Lipinski definition) is 3. The van der Waals surface area contributed by atoms with Gasteiger partial charge in [-0.2, -0.15) is 0 Å². The van der Waals surface area contributed by atoms with Crippen LogP contribution in [-0.2, 0) is 16.0 Å². The third kappa shape index (κ3) is 4.99. The van der Waals surface area contributed by atoms with Crippen LogP contribution in [0.3, 0.4) is 0 Å². The molecule has 0 saturated carbocycles. The molecule has 0 spiro atoms. The number of hydrogen-bond donors (Lipinski definition) is 0. The van der Waals surface area contributed by atoms with Crippen LogP contribution >= 0.6 is 0 Å². The van der Waals surface area contributed by atoms with E-state index in [9.17, 15) is 9.59 Å². The van der Waals surface area contributed by atoms with Gasteiger partial charge in [-0.15, -0.1) is 0 Å². The molecule has 0 aliphatic heterocycles. The number of aryl methyl sites for hydroxylation is 1. The van der Waals surface area contributed by atoms with Crippen molar-refractivity contribution in [3.05, 3.63) is 29.8 Å². The average molecular weight is 249 g/mol. The smallest absolute Gasteiger partial charge is 0.259 e. The van der Waals surface area contributed by atoms with Crippen molar-refractivity contribution in [3.8, 4) is 5.75 Å². The van der Waals surface area contributed by atoms with Crippen LogP contribution in [0.5, 0.6) is 5.75 Å². The summed E-state index contributed by atoms with van der Waals surface area (Å²) in [5.74, 6) is 0.777. The van der Waals surface area contributed by atoms with Gasteiger partial charge in [0.1, 0.15) is 11.5 Å². The van der Waals surface area contributed by atoms with Gasteiger partial charge >= 0.3 is 0 Å². The Balaban J connectivity index is 2.45. The second kappa shape index (κ2) is 6.79. The lowest BCUT2D eigenvalue weighted by Crippen LogP contribution is -2.27. The summed E-state index contributed by atoms with van der Waals surface area (Å²) in [6.07, 6.45) is 1.30. The number of ketones is 1. The van der Waals surface area contributed by atoms with Crippen LogP contribution in [-0.4, -0.2) is 37.3 Å². The Kier molecular flexibility index (Phi) is 5.36.